The van der Waals surface area contributed by atoms with Gasteiger partial charge in [-0.1, -0.05) is 6.07 Å². The molecule has 0 aromatic heterocycles. The molecule has 96 valence electrons. The number of hydrogen-bond donors (Lipinski definition) is 0. The molecule has 7 heteroatoms. The third-order valence-electron chi connectivity index (χ3n) is 2.13. The SMILES string of the molecule is COCc1ccc(OC)c(OC)c1S(=O)(=O)Cl. The number of methoxy groups -OCH3 is 3. The van der Waals surface area contributed by atoms with E-state index < -0.39 is 9.05 Å². The van der Waals surface area contributed by atoms with Gasteiger partial charge in [0.1, 0.15) is 4.90 Å². The van der Waals surface area contributed by atoms with Gasteiger partial charge in [-0.3, -0.25) is 0 Å². The monoisotopic (exact) mass is 280 g/mol. The molecule has 0 atom stereocenters. The predicted molar refractivity (Wildman–Crippen MR) is 63.3 cm³/mol. The first kappa shape index (κ1) is 14.1. The van der Waals surface area contributed by atoms with E-state index in [1.54, 1.807) is 12.1 Å². The molecule has 1 rings (SSSR count). The van der Waals surface area contributed by atoms with E-state index in [2.05, 4.69) is 0 Å². The quantitative estimate of drug-likeness (QED) is 0.770. The van der Waals surface area contributed by atoms with Gasteiger partial charge in [0.05, 0.1) is 20.8 Å². The summed E-state index contributed by atoms with van der Waals surface area (Å²) >= 11 is 0. The standard InChI is InChI=1S/C10H13ClO5S/c1-14-6-7-4-5-8(15-2)9(16-3)10(7)17(11,12)13/h4-5H,6H2,1-3H3. The molecule has 0 heterocycles. The minimum atomic E-state index is -3.94. The second-order valence-electron chi connectivity index (χ2n) is 3.16. The van der Waals surface area contributed by atoms with Crippen molar-refractivity contribution in [3.05, 3.63) is 17.7 Å². The lowest BCUT2D eigenvalue weighted by atomic mass is 10.2. The highest BCUT2D eigenvalue weighted by molar-refractivity contribution is 8.13. The number of ether oxygens (including phenoxy) is 3. The summed E-state index contributed by atoms with van der Waals surface area (Å²) in [4.78, 5) is -0.122. The second kappa shape index (κ2) is 5.57. The van der Waals surface area contributed by atoms with Gasteiger partial charge in [-0.2, -0.15) is 0 Å². The van der Waals surface area contributed by atoms with Gasteiger partial charge in [0.2, 0.25) is 0 Å². The molecule has 0 radical (unpaired) electrons. The zero-order valence-electron chi connectivity index (χ0n) is 9.69. The van der Waals surface area contributed by atoms with Crippen molar-refractivity contribution in [2.75, 3.05) is 21.3 Å². The third kappa shape index (κ3) is 3.02. The number of rotatable bonds is 5. The van der Waals surface area contributed by atoms with Crippen LogP contribution in [0, 0.1) is 0 Å². The van der Waals surface area contributed by atoms with E-state index in [4.69, 9.17) is 24.9 Å². The van der Waals surface area contributed by atoms with Crippen molar-refractivity contribution in [3.63, 3.8) is 0 Å². The van der Waals surface area contributed by atoms with Crippen LogP contribution in [0.2, 0.25) is 0 Å². The molecule has 0 bridgehead atoms. The molecule has 5 nitrogen and oxygen atoms in total. The molecule has 0 saturated heterocycles. The molecule has 0 unspecified atom stereocenters. The number of halogens is 1. The lowest BCUT2D eigenvalue weighted by Crippen LogP contribution is -2.04. The summed E-state index contributed by atoms with van der Waals surface area (Å²) < 4.78 is 38.1. The predicted octanol–water partition coefficient (Wildman–Crippen LogP) is 1.78. The summed E-state index contributed by atoms with van der Waals surface area (Å²) in [6.07, 6.45) is 0. The van der Waals surface area contributed by atoms with Crippen molar-refractivity contribution in [2.24, 2.45) is 0 Å². The molecular formula is C10H13ClO5S. The Bertz CT molecular complexity index is 498. The zero-order chi connectivity index (χ0) is 13.1. The van der Waals surface area contributed by atoms with E-state index in [-0.39, 0.29) is 17.3 Å². The van der Waals surface area contributed by atoms with Crippen LogP contribution in [0.15, 0.2) is 17.0 Å². The van der Waals surface area contributed by atoms with Crippen LogP contribution in [-0.2, 0) is 20.4 Å². The van der Waals surface area contributed by atoms with E-state index >= 15 is 0 Å². The van der Waals surface area contributed by atoms with Gasteiger partial charge in [0.25, 0.3) is 9.05 Å². The second-order valence-corrected chi connectivity index (χ2v) is 5.66. The molecular weight excluding hydrogens is 268 g/mol. The average Bonchev–Trinajstić information content (AvgIpc) is 2.27. The third-order valence-corrected chi connectivity index (χ3v) is 3.52. The molecule has 0 aliphatic heterocycles. The largest absolute Gasteiger partial charge is 0.493 e. The van der Waals surface area contributed by atoms with Crippen LogP contribution in [0.5, 0.6) is 11.5 Å². The van der Waals surface area contributed by atoms with Gasteiger partial charge in [-0.05, 0) is 6.07 Å². The van der Waals surface area contributed by atoms with Gasteiger partial charge in [-0.15, -0.1) is 0 Å². The first-order valence-corrected chi connectivity index (χ1v) is 6.94. The maximum atomic E-state index is 11.6. The van der Waals surface area contributed by atoms with Gasteiger partial charge in [0.15, 0.2) is 11.5 Å². The van der Waals surface area contributed by atoms with Crippen LogP contribution in [0.4, 0.5) is 0 Å². The normalized spacial score (nSPS) is 11.3. The molecule has 0 saturated carbocycles. The molecule has 0 amide bonds. The van der Waals surface area contributed by atoms with Crippen LogP contribution in [-0.4, -0.2) is 29.7 Å². The minimum absolute atomic E-state index is 0.0806. The summed E-state index contributed by atoms with van der Waals surface area (Å²) in [7, 11) is 5.67. The highest BCUT2D eigenvalue weighted by Gasteiger charge is 2.24. The Labute approximate surface area is 105 Å². The fourth-order valence-corrected chi connectivity index (χ4v) is 2.83. The van der Waals surface area contributed by atoms with E-state index in [0.29, 0.717) is 11.3 Å². The van der Waals surface area contributed by atoms with Gasteiger partial charge < -0.3 is 14.2 Å². The summed E-state index contributed by atoms with van der Waals surface area (Å²) in [5.41, 5.74) is 0.417. The Hall–Kier alpha value is -0.980. The van der Waals surface area contributed by atoms with Crippen molar-refractivity contribution >= 4 is 19.7 Å². The molecule has 0 spiro atoms. The van der Waals surface area contributed by atoms with Crippen LogP contribution in [0.3, 0.4) is 0 Å². The Morgan fingerprint density at radius 2 is 1.82 bits per heavy atom. The molecule has 0 aliphatic carbocycles. The molecule has 1 aromatic carbocycles. The highest BCUT2D eigenvalue weighted by atomic mass is 35.7. The Balaban J connectivity index is 3.56. The topological polar surface area (TPSA) is 61.8 Å². The van der Waals surface area contributed by atoms with E-state index in [0.717, 1.165) is 0 Å². The fraction of sp³-hybridized carbons (Fsp3) is 0.400. The molecule has 1 aromatic rings. The van der Waals surface area contributed by atoms with Crippen LogP contribution >= 0.6 is 10.7 Å². The summed E-state index contributed by atoms with van der Waals surface area (Å²) in [6.45, 7) is 0.113. The first-order valence-electron chi connectivity index (χ1n) is 4.63. The smallest absolute Gasteiger partial charge is 0.265 e. The van der Waals surface area contributed by atoms with Crippen LogP contribution in [0.1, 0.15) is 5.56 Å². The van der Waals surface area contributed by atoms with Crippen LogP contribution in [0.25, 0.3) is 0 Å². The van der Waals surface area contributed by atoms with Crippen LogP contribution < -0.4 is 9.47 Å². The maximum Gasteiger partial charge on any atom is 0.265 e. The molecule has 17 heavy (non-hydrogen) atoms. The lowest BCUT2D eigenvalue weighted by molar-refractivity contribution is 0.182. The van der Waals surface area contributed by atoms with E-state index in [1.165, 1.54) is 21.3 Å². The maximum absolute atomic E-state index is 11.6. The number of benzene rings is 1. The summed E-state index contributed by atoms with van der Waals surface area (Å²) in [6, 6.07) is 3.17. The molecule has 0 fully saturated rings. The van der Waals surface area contributed by atoms with Gasteiger partial charge in [0, 0.05) is 23.4 Å². The average molecular weight is 281 g/mol. The first-order chi connectivity index (χ1) is 7.95. The minimum Gasteiger partial charge on any atom is -0.493 e. The fourth-order valence-electron chi connectivity index (χ4n) is 1.48. The molecule has 0 N–H and O–H groups in total. The highest BCUT2D eigenvalue weighted by Crippen LogP contribution is 2.38. The van der Waals surface area contributed by atoms with Crippen molar-refractivity contribution in [1.82, 2.24) is 0 Å². The van der Waals surface area contributed by atoms with E-state index in [9.17, 15) is 8.42 Å². The Morgan fingerprint density at radius 1 is 1.18 bits per heavy atom. The van der Waals surface area contributed by atoms with Crippen molar-refractivity contribution in [2.45, 2.75) is 11.5 Å². The Morgan fingerprint density at radius 3 is 2.24 bits per heavy atom. The Kier molecular flexibility index (Phi) is 4.62. The summed E-state index contributed by atoms with van der Waals surface area (Å²) in [5.74, 6) is 0.378. The van der Waals surface area contributed by atoms with Crippen molar-refractivity contribution < 1.29 is 22.6 Å². The van der Waals surface area contributed by atoms with Gasteiger partial charge >= 0.3 is 0 Å². The van der Waals surface area contributed by atoms with Gasteiger partial charge in [-0.25, -0.2) is 8.42 Å². The lowest BCUT2D eigenvalue weighted by Gasteiger charge is -2.14. The zero-order valence-corrected chi connectivity index (χ0v) is 11.3. The summed E-state index contributed by atoms with van der Waals surface area (Å²) in [5, 5.41) is 0. The van der Waals surface area contributed by atoms with Crippen molar-refractivity contribution in [3.8, 4) is 11.5 Å². The van der Waals surface area contributed by atoms with Crippen molar-refractivity contribution in [1.29, 1.82) is 0 Å². The number of hydrogen-bond acceptors (Lipinski definition) is 5. The van der Waals surface area contributed by atoms with E-state index in [1.807, 2.05) is 0 Å². The molecule has 0 aliphatic rings.